The Balaban J connectivity index is 3.57. The van der Waals surface area contributed by atoms with Gasteiger partial charge >= 0.3 is 0 Å². The highest BCUT2D eigenvalue weighted by Gasteiger charge is 2.19. The molecular formula is C8H8F2O2S. The maximum absolute atomic E-state index is 13.0. The molecule has 0 spiro atoms. The molecular weight excluding hydrogens is 198 g/mol. The molecule has 0 saturated carbocycles. The fraction of sp³-hybridized carbons (Fsp3) is 0.250. The number of rotatable bonds is 1. The summed E-state index contributed by atoms with van der Waals surface area (Å²) < 4.78 is 47.8. The highest BCUT2D eigenvalue weighted by atomic mass is 32.2. The van der Waals surface area contributed by atoms with Crippen LogP contribution >= 0.6 is 0 Å². The molecule has 0 fully saturated rings. The lowest BCUT2D eigenvalue weighted by atomic mass is 10.2. The monoisotopic (exact) mass is 206 g/mol. The summed E-state index contributed by atoms with van der Waals surface area (Å²) in [5.74, 6) is -2.08. The predicted molar refractivity (Wildman–Crippen MR) is 44.2 cm³/mol. The third-order valence-corrected chi connectivity index (χ3v) is 2.64. The minimum Gasteiger partial charge on any atom is -0.224 e. The van der Waals surface area contributed by atoms with Crippen molar-refractivity contribution < 1.29 is 17.2 Å². The second-order valence-electron chi connectivity index (χ2n) is 2.83. The summed E-state index contributed by atoms with van der Waals surface area (Å²) >= 11 is 0. The van der Waals surface area contributed by atoms with Crippen LogP contribution in [-0.2, 0) is 9.84 Å². The molecule has 13 heavy (non-hydrogen) atoms. The van der Waals surface area contributed by atoms with Crippen molar-refractivity contribution in [2.24, 2.45) is 0 Å². The van der Waals surface area contributed by atoms with E-state index in [0.717, 1.165) is 18.4 Å². The highest BCUT2D eigenvalue weighted by molar-refractivity contribution is 7.90. The summed E-state index contributed by atoms with van der Waals surface area (Å²) in [5, 5.41) is 0. The van der Waals surface area contributed by atoms with E-state index >= 15 is 0 Å². The third kappa shape index (κ3) is 2.03. The molecule has 72 valence electrons. The molecule has 0 radical (unpaired) electrons. The van der Waals surface area contributed by atoms with Crippen LogP contribution in [0.3, 0.4) is 0 Å². The van der Waals surface area contributed by atoms with E-state index in [9.17, 15) is 17.2 Å². The van der Waals surface area contributed by atoms with Crippen molar-refractivity contribution in [2.75, 3.05) is 6.26 Å². The SMILES string of the molecule is Cc1cc(F)c(S(C)(=O)=O)c(F)c1. The second kappa shape index (κ2) is 3.06. The van der Waals surface area contributed by atoms with Gasteiger partial charge in [0.15, 0.2) is 9.84 Å². The first-order valence-electron chi connectivity index (χ1n) is 3.48. The van der Waals surface area contributed by atoms with E-state index in [1.165, 1.54) is 6.92 Å². The zero-order valence-electron chi connectivity index (χ0n) is 7.14. The van der Waals surface area contributed by atoms with E-state index in [1.807, 2.05) is 0 Å². The Morgan fingerprint density at radius 3 is 1.85 bits per heavy atom. The summed E-state index contributed by atoms with van der Waals surface area (Å²) in [5.41, 5.74) is 0.349. The number of hydrogen-bond donors (Lipinski definition) is 0. The Bertz CT molecular complexity index is 414. The van der Waals surface area contributed by atoms with Gasteiger partial charge < -0.3 is 0 Å². The van der Waals surface area contributed by atoms with Crippen molar-refractivity contribution >= 4 is 9.84 Å². The van der Waals surface area contributed by atoms with Gasteiger partial charge in [-0.05, 0) is 24.6 Å². The molecule has 2 nitrogen and oxygen atoms in total. The maximum atomic E-state index is 13.0. The molecule has 0 aliphatic heterocycles. The molecule has 0 saturated heterocycles. The molecule has 0 aliphatic carbocycles. The smallest absolute Gasteiger partial charge is 0.181 e. The summed E-state index contributed by atoms with van der Waals surface area (Å²) in [6, 6.07) is 1.97. The highest BCUT2D eigenvalue weighted by Crippen LogP contribution is 2.19. The van der Waals surface area contributed by atoms with Gasteiger partial charge in [0.1, 0.15) is 16.5 Å². The van der Waals surface area contributed by atoms with Crippen LogP contribution in [0.1, 0.15) is 5.56 Å². The van der Waals surface area contributed by atoms with E-state index in [1.54, 1.807) is 0 Å². The molecule has 0 aliphatic rings. The summed E-state index contributed by atoms with van der Waals surface area (Å²) in [6.45, 7) is 1.48. The Labute approximate surface area is 75.1 Å². The van der Waals surface area contributed by atoms with Gasteiger partial charge in [0, 0.05) is 6.26 Å². The second-order valence-corrected chi connectivity index (χ2v) is 4.78. The van der Waals surface area contributed by atoms with E-state index in [-0.39, 0.29) is 0 Å². The largest absolute Gasteiger partial charge is 0.224 e. The molecule has 1 aromatic rings. The van der Waals surface area contributed by atoms with Crippen LogP contribution in [-0.4, -0.2) is 14.7 Å². The van der Waals surface area contributed by atoms with Gasteiger partial charge in [-0.15, -0.1) is 0 Å². The van der Waals surface area contributed by atoms with E-state index in [0.29, 0.717) is 5.56 Å². The molecule has 0 heterocycles. The summed E-state index contributed by atoms with van der Waals surface area (Å²) in [6.07, 6.45) is 0.768. The standard InChI is InChI=1S/C8H8F2O2S/c1-5-3-6(9)8(7(10)4-5)13(2,11)12/h3-4H,1-2H3. The molecule has 1 rings (SSSR count). The van der Waals surface area contributed by atoms with Gasteiger partial charge in [0.2, 0.25) is 0 Å². The van der Waals surface area contributed by atoms with Crippen LogP contribution in [0.15, 0.2) is 17.0 Å². The number of hydrogen-bond acceptors (Lipinski definition) is 2. The number of sulfone groups is 1. The van der Waals surface area contributed by atoms with E-state index in [4.69, 9.17) is 0 Å². The van der Waals surface area contributed by atoms with Gasteiger partial charge in [0.05, 0.1) is 0 Å². The van der Waals surface area contributed by atoms with Crippen LogP contribution in [0.25, 0.3) is 0 Å². The molecule has 0 atom stereocenters. The van der Waals surface area contributed by atoms with Gasteiger partial charge in [-0.1, -0.05) is 0 Å². The molecule has 0 amide bonds. The van der Waals surface area contributed by atoms with Crippen molar-refractivity contribution in [1.29, 1.82) is 0 Å². The lowest BCUT2D eigenvalue weighted by Crippen LogP contribution is -2.04. The minimum atomic E-state index is -3.83. The first-order chi connectivity index (χ1) is 5.82. The molecule has 0 N–H and O–H groups in total. The average molecular weight is 206 g/mol. The zero-order chi connectivity index (χ0) is 10.2. The van der Waals surface area contributed by atoms with Gasteiger partial charge in [-0.3, -0.25) is 0 Å². The van der Waals surface area contributed by atoms with Crippen molar-refractivity contribution in [3.05, 3.63) is 29.3 Å². The van der Waals surface area contributed by atoms with Gasteiger partial charge in [0.25, 0.3) is 0 Å². The summed E-state index contributed by atoms with van der Waals surface area (Å²) in [7, 11) is -3.83. The molecule has 0 aromatic heterocycles. The minimum absolute atomic E-state index is 0.349. The van der Waals surface area contributed by atoms with Crippen LogP contribution in [0, 0.1) is 18.6 Å². The number of halogens is 2. The van der Waals surface area contributed by atoms with E-state index in [2.05, 4.69) is 0 Å². The maximum Gasteiger partial charge on any atom is 0.181 e. The topological polar surface area (TPSA) is 34.1 Å². The molecule has 1 aromatic carbocycles. The van der Waals surface area contributed by atoms with Crippen molar-refractivity contribution in [3.63, 3.8) is 0 Å². The fourth-order valence-corrected chi connectivity index (χ4v) is 1.87. The third-order valence-electron chi connectivity index (χ3n) is 1.51. The summed E-state index contributed by atoms with van der Waals surface area (Å²) in [4.78, 5) is -0.863. The normalized spacial score (nSPS) is 11.7. The lowest BCUT2D eigenvalue weighted by Gasteiger charge is -2.03. The fourth-order valence-electron chi connectivity index (χ4n) is 1.04. The Morgan fingerprint density at radius 2 is 1.54 bits per heavy atom. The first-order valence-corrected chi connectivity index (χ1v) is 5.37. The lowest BCUT2D eigenvalue weighted by molar-refractivity contribution is 0.520. The number of benzene rings is 1. The molecule has 0 bridgehead atoms. The number of aryl methyl sites for hydroxylation is 1. The Kier molecular flexibility index (Phi) is 2.38. The zero-order valence-corrected chi connectivity index (χ0v) is 7.95. The van der Waals surface area contributed by atoms with Crippen molar-refractivity contribution in [1.82, 2.24) is 0 Å². The van der Waals surface area contributed by atoms with Crippen LogP contribution < -0.4 is 0 Å². The Hall–Kier alpha value is -0.970. The van der Waals surface area contributed by atoms with Gasteiger partial charge in [-0.25, -0.2) is 17.2 Å². The Morgan fingerprint density at radius 1 is 1.15 bits per heavy atom. The van der Waals surface area contributed by atoms with Crippen molar-refractivity contribution in [3.8, 4) is 0 Å². The average Bonchev–Trinajstić information content (AvgIpc) is 1.78. The van der Waals surface area contributed by atoms with E-state index < -0.39 is 26.4 Å². The van der Waals surface area contributed by atoms with Crippen LogP contribution in [0.4, 0.5) is 8.78 Å². The quantitative estimate of drug-likeness (QED) is 0.700. The van der Waals surface area contributed by atoms with Crippen LogP contribution in [0.5, 0.6) is 0 Å². The molecule has 5 heteroatoms. The van der Waals surface area contributed by atoms with Gasteiger partial charge in [-0.2, -0.15) is 0 Å². The predicted octanol–water partition coefficient (Wildman–Crippen LogP) is 1.68. The molecule has 0 unspecified atom stereocenters. The van der Waals surface area contributed by atoms with Crippen molar-refractivity contribution in [2.45, 2.75) is 11.8 Å². The first kappa shape index (κ1) is 10.1. The van der Waals surface area contributed by atoms with Crippen LogP contribution in [0.2, 0.25) is 0 Å².